The standard InChI is InChI=1S/C20H19F2NO3/c21-11-4-6-13(15(22)9-11)18(24)17-14-7-5-12-10-20(14,26-19(17)25)16-3-1-2-8-23(12)16/h4-7,9,12,16,18,24H,1-3,8,10H2/t12-,16-,18?,20+/m1/s1. The number of benzene rings is 1. The minimum atomic E-state index is -1.48. The number of rotatable bonds is 2. The molecule has 3 heterocycles. The van der Waals surface area contributed by atoms with Gasteiger partial charge in [0.1, 0.15) is 17.7 Å². The van der Waals surface area contributed by atoms with Crippen molar-refractivity contribution in [3.63, 3.8) is 0 Å². The van der Waals surface area contributed by atoms with E-state index in [9.17, 15) is 18.7 Å². The van der Waals surface area contributed by atoms with Crippen LogP contribution in [0.4, 0.5) is 8.78 Å². The molecule has 2 fully saturated rings. The Balaban J connectivity index is 1.62. The van der Waals surface area contributed by atoms with Gasteiger partial charge in [-0.15, -0.1) is 0 Å². The molecule has 3 aliphatic heterocycles. The van der Waals surface area contributed by atoms with Crippen molar-refractivity contribution in [1.29, 1.82) is 0 Å². The molecule has 0 aromatic heterocycles. The van der Waals surface area contributed by atoms with E-state index >= 15 is 0 Å². The summed E-state index contributed by atoms with van der Waals surface area (Å²) in [5, 5.41) is 10.8. The number of carbonyl (C=O) groups is 1. The van der Waals surface area contributed by atoms with E-state index in [1.54, 1.807) is 0 Å². The Morgan fingerprint density at radius 1 is 1.31 bits per heavy atom. The first-order valence-electron chi connectivity index (χ1n) is 9.06. The molecule has 2 bridgehead atoms. The molecule has 1 unspecified atom stereocenters. The van der Waals surface area contributed by atoms with Crippen LogP contribution in [0.1, 0.15) is 37.4 Å². The van der Waals surface area contributed by atoms with E-state index in [-0.39, 0.29) is 23.2 Å². The third-order valence-electron chi connectivity index (χ3n) is 6.28. The summed E-state index contributed by atoms with van der Waals surface area (Å²) in [7, 11) is 0. The van der Waals surface area contributed by atoms with Gasteiger partial charge in [0, 0.05) is 29.7 Å². The van der Waals surface area contributed by atoms with Crippen molar-refractivity contribution in [1.82, 2.24) is 4.90 Å². The van der Waals surface area contributed by atoms with Gasteiger partial charge in [-0.1, -0.05) is 24.6 Å². The van der Waals surface area contributed by atoms with Crippen LogP contribution in [-0.2, 0) is 9.53 Å². The highest BCUT2D eigenvalue weighted by molar-refractivity contribution is 5.96. The predicted octanol–water partition coefficient (Wildman–Crippen LogP) is 2.79. The van der Waals surface area contributed by atoms with Crippen LogP contribution in [-0.4, -0.2) is 40.2 Å². The Morgan fingerprint density at radius 2 is 2.15 bits per heavy atom. The predicted molar refractivity (Wildman–Crippen MR) is 89.1 cm³/mol. The lowest BCUT2D eigenvalue weighted by molar-refractivity contribution is -0.150. The molecule has 1 aromatic carbocycles. The Hall–Kier alpha value is -2.05. The van der Waals surface area contributed by atoms with E-state index in [0.717, 1.165) is 31.9 Å². The Labute approximate surface area is 149 Å². The molecule has 6 heteroatoms. The van der Waals surface area contributed by atoms with Crippen LogP contribution >= 0.6 is 0 Å². The van der Waals surface area contributed by atoms with E-state index in [0.29, 0.717) is 18.1 Å². The Kier molecular flexibility index (Phi) is 3.40. The summed E-state index contributed by atoms with van der Waals surface area (Å²) < 4.78 is 33.2. The van der Waals surface area contributed by atoms with Gasteiger partial charge in [0.15, 0.2) is 5.60 Å². The molecule has 4 nitrogen and oxygen atoms in total. The molecule has 1 aromatic rings. The average molecular weight is 359 g/mol. The van der Waals surface area contributed by atoms with Gasteiger partial charge in [0.05, 0.1) is 11.6 Å². The lowest BCUT2D eigenvalue weighted by Crippen LogP contribution is -2.48. The monoisotopic (exact) mass is 359 g/mol. The zero-order valence-corrected chi connectivity index (χ0v) is 14.1. The minimum Gasteiger partial charge on any atom is -0.449 e. The second-order valence-electron chi connectivity index (χ2n) is 7.55. The molecule has 4 atom stereocenters. The topological polar surface area (TPSA) is 49.8 Å². The zero-order chi connectivity index (χ0) is 18.1. The lowest BCUT2D eigenvalue weighted by atomic mass is 9.78. The van der Waals surface area contributed by atoms with Gasteiger partial charge in [-0.05, 0) is 25.5 Å². The Bertz CT molecular complexity index is 865. The summed E-state index contributed by atoms with van der Waals surface area (Å²) in [5.74, 6) is -2.20. The zero-order valence-electron chi connectivity index (χ0n) is 14.1. The molecule has 0 saturated carbocycles. The first-order valence-corrected chi connectivity index (χ1v) is 9.06. The summed E-state index contributed by atoms with van der Waals surface area (Å²) in [6.07, 6.45) is 6.24. The van der Waals surface area contributed by atoms with Crippen molar-refractivity contribution in [2.75, 3.05) is 6.54 Å². The van der Waals surface area contributed by atoms with Crippen LogP contribution in [0.5, 0.6) is 0 Å². The van der Waals surface area contributed by atoms with E-state index in [1.165, 1.54) is 6.07 Å². The van der Waals surface area contributed by atoms with Crippen molar-refractivity contribution in [3.05, 3.63) is 58.7 Å². The SMILES string of the molecule is O=C1O[C@@]23C[C@@H](C=CC2=C1C(O)c1ccc(F)cc1F)N1CCCC[C@@H]13. The largest absolute Gasteiger partial charge is 0.449 e. The van der Waals surface area contributed by atoms with Gasteiger partial charge in [0.25, 0.3) is 0 Å². The summed E-state index contributed by atoms with van der Waals surface area (Å²) in [6, 6.07) is 3.30. The van der Waals surface area contributed by atoms with Crippen molar-refractivity contribution in [3.8, 4) is 0 Å². The van der Waals surface area contributed by atoms with Crippen LogP contribution in [0.15, 0.2) is 41.5 Å². The number of hydrogen-bond donors (Lipinski definition) is 1. The number of halogens is 2. The molecule has 1 N–H and O–H groups in total. The number of aliphatic hydroxyl groups excluding tert-OH is 1. The maximum atomic E-state index is 14.2. The molecular formula is C20H19F2NO3. The Morgan fingerprint density at radius 3 is 2.96 bits per heavy atom. The fraction of sp³-hybridized carbons (Fsp3) is 0.450. The van der Waals surface area contributed by atoms with E-state index in [1.807, 2.05) is 6.08 Å². The molecule has 0 radical (unpaired) electrons. The van der Waals surface area contributed by atoms with Crippen LogP contribution < -0.4 is 0 Å². The minimum absolute atomic E-state index is 0.0811. The summed E-state index contributed by atoms with van der Waals surface area (Å²) in [4.78, 5) is 15.1. The highest BCUT2D eigenvalue weighted by atomic mass is 19.1. The van der Waals surface area contributed by atoms with Crippen LogP contribution in [0, 0.1) is 11.6 Å². The number of aliphatic hydroxyl groups is 1. The molecule has 4 aliphatic rings. The highest BCUT2D eigenvalue weighted by Gasteiger charge is 2.62. The van der Waals surface area contributed by atoms with Crippen LogP contribution in [0.3, 0.4) is 0 Å². The number of piperidine rings is 1. The van der Waals surface area contributed by atoms with Gasteiger partial charge < -0.3 is 9.84 Å². The molecule has 1 aliphatic carbocycles. The number of hydrogen-bond acceptors (Lipinski definition) is 4. The van der Waals surface area contributed by atoms with Crippen LogP contribution in [0.25, 0.3) is 0 Å². The smallest absolute Gasteiger partial charge is 0.338 e. The summed E-state index contributed by atoms with van der Waals surface area (Å²) >= 11 is 0. The van der Waals surface area contributed by atoms with E-state index < -0.39 is 29.3 Å². The van der Waals surface area contributed by atoms with E-state index in [4.69, 9.17) is 4.74 Å². The average Bonchev–Trinajstić information content (AvgIpc) is 3.05. The fourth-order valence-electron chi connectivity index (χ4n) is 5.18. The first kappa shape index (κ1) is 16.1. The maximum Gasteiger partial charge on any atom is 0.338 e. The third kappa shape index (κ3) is 2.03. The van der Waals surface area contributed by atoms with Gasteiger partial charge >= 0.3 is 5.97 Å². The molecule has 26 heavy (non-hydrogen) atoms. The lowest BCUT2D eigenvalue weighted by Gasteiger charge is -2.37. The molecule has 136 valence electrons. The number of nitrogens with zero attached hydrogens (tertiary/aromatic N) is 1. The number of esters is 1. The fourth-order valence-corrected chi connectivity index (χ4v) is 5.18. The number of fused-ring (bicyclic) bond motifs is 3. The van der Waals surface area contributed by atoms with E-state index in [2.05, 4.69) is 11.0 Å². The molecule has 2 saturated heterocycles. The second kappa shape index (κ2) is 5.47. The maximum absolute atomic E-state index is 14.2. The highest BCUT2D eigenvalue weighted by Crippen LogP contribution is 2.54. The normalized spacial score (nSPS) is 33.9. The first-order chi connectivity index (χ1) is 12.5. The molecular weight excluding hydrogens is 340 g/mol. The second-order valence-corrected chi connectivity index (χ2v) is 7.55. The van der Waals surface area contributed by atoms with Gasteiger partial charge in [-0.2, -0.15) is 0 Å². The van der Waals surface area contributed by atoms with Crippen molar-refractivity contribution in [2.24, 2.45) is 0 Å². The van der Waals surface area contributed by atoms with Crippen molar-refractivity contribution in [2.45, 2.75) is 49.5 Å². The summed E-state index contributed by atoms with van der Waals surface area (Å²) in [5.41, 5.74) is -0.122. The molecule has 0 amide bonds. The van der Waals surface area contributed by atoms with Crippen molar-refractivity contribution >= 4 is 5.97 Å². The molecule has 5 rings (SSSR count). The number of ether oxygens (including phenoxy) is 1. The summed E-state index contributed by atoms with van der Waals surface area (Å²) in [6.45, 7) is 0.969. The quantitative estimate of drug-likeness (QED) is 0.825. The third-order valence-corrected chi connectivity index (χ3v) is 6.28. The van der Waals surface area contributed by atoms with Crippen molar-refractivity contribution < 1.29 is 23.4 Å². The van der Waals surface area contributed by atoms with Crippen LogP contribution in [0.2, 0.25) is 0 Å². The molecule has 1 spiro atoms. The van der Waals surface area contributed by atoms with Gasteiger partial charge in [0.2, 0.25) is 0 Å². The van der Waals surface area contributed by atoms with Gasteiger partial charge in [-0.25, -0.2) is 13.6 Å². The number of carbonyl (C=O) groups excluding carboxylic acids is 1. The van der Waals surface area contributed by atoms with Gasteiger partial charge in [-0.3, -0.25) is 4.90 Å².